The van der Waals surface area contributed by atoms with E-state index in [2.05, 4.69) is 15.3 Å². The van der Waals surface area contributed by atoms with Gasteiger partial charge < -0.3 is 10.3 Å². The van der Waals surface area contributed by atoms with Crippen LogP contribution in [0.1, 0.15) is 23.0 Å². The maximum atomic E-state index is 13.9. The molecule has 17 heavy (non-hydrogen) atoms. The molecule has 0 radical (unpaired) electrons. The van der Waals surface area contributed by atoms with Crippen molar-refractivity contribution in [3.8, 4) is 0 Å². The Kier molecular flexibility index (Phi) is 2.61. The van der Waals surface area contributed by atoms with Gasteiger partial charge in [0.25, 0.3) is 0 Å². The number of hydrogen-bond acceptors (Lipinski definition) is 2. The molecule has 1 aliphatic rings. The lowest BCUT2D eigenvalue weighted by molar-refractivity contribution is 0.518. The average molecular weight is 252 g/mol. The number of imidazole rings is 1. The highest BCUT2D eigenvalue weighted by Crippen LogP contribution is 2.29. The second-order valence-corrected chi connectivity index (χ2v) is 4.51. The number of benzene rings is 1. The smallest absolute Gasteiger partial charge is 0.129 e. The number of aromatic nitrogens is 2. The van der Waals surface area contributed by atoms with E-state index in [1.807, 2.05) is 0 Å². The topological polar surface area (TPSA) is 40.7 Å². The van der Waals surface area contributed by atoms with E-state index in [1.54, 1.807) is 18.5 Å². The number of halogens is 2. The summed E-state index contributed by atoms with van der Waals surface area (Å²) < 4.78 is 13.9. The molecule has 5 heteroatoms. The van der Waals surface area contributed by atoms with Gasteiger partial charge in [-0.1, -0.05) is 17.7 Å². The molecule has 2 N–H and O–H groups in total. The zero-order chi connectivity index (χ0) is 11.8. The lowest BCUT2D eigenvalue weighted by Crippen LogP contribution is -2.31. The summed E-state index contributed by atoms with van der Waals surface area (Å²) in [5, 5.41) is 3.68. The molecule has 2 aromatic rings. The summed E-state index contributed by atoms with van der Waals surface area (Å²) in [5.74, 6) is -0.300. The van der Waals surface area contributed by atoms with Crippen LogP contribution in [0.3, 0.4) is 0 Å². The number of fused-ring (bicyclic) bond motifs is 1. The van der Waals surface area contributed by atoms with Gasteiger partial charge in [0.1, 0.15) is 5.82 Å². The molecule has 0 aliphatic carbocycles. The van der Waals surface area contributed by atoms with E-state index in [-0.39, 0.29) is 11.9 Å². The number of hydrogen-bond donors (Lipinski definition) is 2. The van der Waals surface area contributed by atoms with E-state index < -0.39 is 0 Å². The van der Waals surface area contributed by atoms with Gasteiger partial charge in [-0.3, -0.25) is 0 Å². The molecule has 0 bridgehead atoms. The normalized spacial score (nSPS) is 19.1. The average Bonchev–Trinajstić information content (AvgIpc) is 2.77. The predicted molar refractivity (Wildman–Crippen MR) is 63.5 cm³/mol. The zero-order valence-corrected chi connectivity index (χ0v) is 9.76. The van der Waals surface area contributed by atoms with Crippen LogP contribution in [0, 0.1) is 5.82 Å². The van der Waals surface area contributed by atoms with Gasteiger partial charge in [-0.25, -0.2) is 9.37 Å². The van der Waals surface area contributed by atoms with Gasteiger partial charge >= 0.3 is 0 Å². The maximum Gasteiger partial charge on any atom is 0.129 e. The van der Waals surface area contributed by atoms with Gasteiger partial charge in [0.15, 0.2) is 0 Å². The predicted octanol–water partition coefficient (Wildman–Crippen LogP) is 2.44. The highest BCUT2D eigenvalue weighted by molar-refractivity contribution is 6.30. The van der Waals surface area contributed by atoms with Crippen LogP contribution in [0.4, 0.5) is 4.39 Å². The van der Waals surface area contributed by atoms with Crippen LogP contribution >= 0.6 is 11.6 Å². The molecular weight excluding hydrogens is 241 g/mol. The van der Waals surface area contributed by atoms with Crippen molar-refractivity contribution in [1.82, 2.24) is 15.3 Å². The molecule has 0 saturated heterocycles. The molecule has 0 unspecified atom stereocenters. The van der Waals surface area contributed by atoms with Crippen molar-refractivity contribution in [1.29, 1.82) is 0 Å². The third-order valence-electron chi connectivity index (χ3n) is 3.02. The first-order chi connectivity index (χ1) is 8.25. The molecule has 0 saturated carbocycles. The fourth-order valence-electron chi connectivity index (χ4n) is 2.21. The summed E-state index contributed by atoms with van der Waals surface area (Å²) in [6.07, 6.45) is 2.54. The Labute approximate surface area is 103 Å². The number of nitrogens with zero attached hydrogens (tertiary/aromatic N) is 1. The third-order valence-corrected chi connectivity index (χ3v) is 3.26. The molecule has 88 valence electrons. The van der Waals surface area contributed by atoms with E-state index >= 15 is 0 Å². The van der Waals surface area contributed by atoms with Crippen LogP contribution in [-0.2, 0) is 6.42 Å². The summed E-state index contributed by atoms with van der Waals surface area (Å²) >= 11 is 5.75. The van der Waals surface area contributed by atoms with E-state index in [1.165, 1.54) is 6.07 Å². The molecular formula is C12H11ClFN3. The lowest BCUT2D eigenvalue weighted by atomic mass is 9.97. The van der Waals surface area contributed by atoms with Crippen LogP contribution in [0.15, 0.2) is 24.5 Å². The van der Waals surface area contributed by atoms with Gasteiger partial charge in [0.05, 0.1) is 18.1 Å². The van der Waals surface area contributed by atoms with Gasteiger partial charge in [0, 0.05) is 29.2 Å². The van der Waals surface area contributed by atoms with E-state index in [0.717, 1.165) is 24.4 Å². The quantitative estimate of drug-likeness (QED) is 0.817. The lowest BCUT2D eigenvalue weighted by Gasteiger charge is -2.23. The second kappa shape index (κ2) is 4.13. The Hall–Kier alpha value is -1.39. The molecule has 3 rings (SSSR count). The highest BCUT2D eigenvalue weighted by atomic mass is 35.5. The highest BCUT2D eigenvalue weighted by Gasteiger charge is 2.25. The van der Waals surface area contributed by atoms with Crippen molar-refractivity contribution in [2.75, 3.05) is 6.54 Å². The number of H-pyrrole nitrogens is 1. The first-order valence-corrected chi connectivity index (χ1v) is 5.84. The summed E-state index contributed by atoms with van der Waals surface area (Å²) in [4.78, 5) is 7.35. The minimum Gasteiger partial charge on any atom is -0.348 e. The molecule has 0 fully saturated rings. The van der Waals surface area contributed by atoms with Crippen molar-refractivity contribution < 1.29 is 4.39 Å². The van der Waals surface area contributed by atoms with Crippen LogP contribution in [0.2, 0.25) is 5.02 Å². The molecule has 3 nitrogen and oxygen atoms in total. The monoisotopic (exact) mass is 251 g/mol. The molecule has 0 spiro atoms. The standard InChI is InChI=1S/C12H11ClFN3/c13-7-1-2-8(9(14)5-7)11-12-10(3-4-15-11)16-6-17-12/h1-2,5-6,11,15H,3-4H2,(H,16,17)/t11-/m1/s1. The maximum absolute atomic E-state index is 13.9. The molecule has 1 aromatic heterocycles. The summed E-state index contributed by atoms with van der Waals surface area (Å²) in [6.45, 7) is 0.807. The van der Waals surface area contributed by atoms with Gasteiger partial charge in [0.2, 0.25) is 0 Å². The van der Waals surface area contributed by atoms with E-state index in [0.29, 0.717) is 10.6 Å². The van der Waals surface area contributed by atoms with E-state index in [4.69, 9.17) is 11.6 Å². The van der Waals surface area contributed by atoms with Crippen molar-refractivity contribution in [2.24, 2.45) is 0 Å². The van der Waals surface area contributed by atoms with Gasteiger partial charge in [-0.15, -0.1) is 0 Å². The number of rotatable bonds is 1. The largest absolute Gasteiger partial charge is 0.348 e. The minimum atomic E-state index is -0.300. The molecule has 1 aliphatic heterocycles. The number of aromatic amines is 1. The zero-order valence-electron chi connectivity index (χ0n) is 9.00. The summed E-state index contributed by atoms with van der Waals surface area (Å²) in [6, 6.07) is 4.54. The van der Waals surface area contributed by atoms with Crippen molar-refractivity contribution in [3.63, 3.8) is 0 Å². The van der Waals surface area contributed by atoms with Gasteiger partial charge in [-0.05, 0) is 12.1 Å². The fourth-order valence-corrected chi connectivity index (χ4v) is 2.37. The summed E-state index contributed by atoms with van der Waals surface area (Å²) in [7, 11) is 0. The Morgan fingerprint density at radius 1 is 1.41 bits per heavy atom. The van der Waals surface area contributed by atoms with Crippen molar-refractivity contribution >= 4 is 11.6 Å². The van der Waals surface area contributed by atoms with E-state index in [9.17, 15) is 4.39 Å². The van der Waals surface area contributed by atoms with Crippen molar-refractivity contribution in [3.05, 3.63) is 52.3 Å². The third kappa shape index (κ3) is 1.83. The molecule has 0 amide bonds. The Bertz CT molecular complexity index is 552. The fraction of sp³-hybridized carbons (Fsp3) is 0.250. The van der Waals surface area contributed by atoms with Crippen LogP contribution in [-0.4, -0.2) is 16.5 Å². The van der Waals surface area contributed by atoms with Crippen molar-refractivity contribution in [2.45, 2.75) is 12.5 Å². The molecule has 1 atom stereocenters. The first kappa shape index (κ1) is 10.7. The Morgan fingerprint density at radius 3 is 3.12 bits per heavy atom. The summed E-state index contributed by atoms with van der Waals surface area (Å²) in [5.41, 5.74) is 2.53. The van der Waals surface area contributed by atoms with Crippen LogP contribution in [0.25, 0.3) is 0 Å². The second-order valence-electron chi connectivity index (χ2n) is 4.07. The SMILES string of the molecule is Fc1cc(Cl)ccc1[C@H]1NCCc2[nH]cnc21. The molecule has 1 aromatic carbocycles. The Balaban J connectivity index is 2.06. The Morgan fingerprint density at radius 2 is 2.29 bits per heavy atom. The minimum absolute atomic E-state index is 0.192. The van der Waals surface area contributed by atoms with Gasteiger partial charge in [-0.2, -0.15) is 0 Å². The van der Waals surface area contributed by atoms with Crippen LogP contribution < -0.4 is 5.32 Å². The van der Waals surface area contributed by atoms with Crippen LogP contribution in [0.5, 0.6) is 0 Å². The number of nitrogens with one attached hydrogen (secondary N) is 2. The first-order valence-electron chi connectivity index (χ1n) is 5.46. The molecule has 2 heterocycles.